The Hall–Kier alpha value is -7.16. The molecule has 0 N–H and O–H groups in total. The van der Waals surface area contributed by atoms with Gasteiger partial charge in [0.1, 0.15) is 11.2 Å². The van der Waals surface area contributed by atoms with Gasteiger partial charge in [-0.15, -0.1) is 0 Å². The van der Waals surface area contributed by atoms with Crippen molar-refractivity contribution in [2.45, 2.75) is 5.41 Å². The molecule has 55 heavy (non-hydrogen) atoms. The first-order chi connectivity index (χ1) is 27.3. The molecule has 0 saturated heterocycles. The monoisotopic (exact) mass is 699 g/mol. The van der Waals surface area contributed by atoms with Crippen molar-refractivity contribution in [1.82, 2.24) is 0 Å². The lowest BCUT2D eigenvalue weighted by Gasteiger charge is -2.32. The second-order valence-corrected chi connectivity index (χ2v) is 14.8. The third-order valence-corrected chi connectivity index (χ3v) is 12.0. The predicted molar refractivity (Wildman–Crippen MR) is 228 cm³/mol. The molecule has 256 valence electrons. The summed E-state index contributed by atoms with van der Waals surface area (Å²) in [5.74, 6) is 0. The van der Waals surface area contributed by atoms with Crippen LogP contribution in [0.25, 0.3) is 66.1 Å². The maximum Gasteiger partial charge on any atom is 0.135 e. The molecule has 12 rings (SSSR count). The molecule has 0 radical (unpaired) electrons. The minimum atomic E-state index is -0.444. The van der Waals surface area contributed by atoms with E-state index in [1.807, 2.05) is 12.1 Å². The zero-order valence-corrected chi connectivity index (χ0v) is 29.9. The molecule has 0 amide bonds. The van der Waals surface area contributed by atoms with Crippen LogP contribution in [0.15, 0.2) is 205 Å². The summed E-state index contributed by atoms with van der Waals surface area (Å²) in [5, 5.41) is 4.81. The van der Waals surface area contributed by atoms with E-state index in [1.165, 1.54) is 66.4 Å². The van der Waals surface area contributed by atoms with Gasteiger partial charge < -0.3 is 9.32 Å². The Morgan fingerprint density at radius 2 is 0.891 bits per heavy atom. The molecule has 9 aromatic carbocycles. The Morgan fingerprint density at radius 3 is 1.67 bits per heavy atom. The van der Waals surface area contributed by atoms with Crippen molar-refractivity contribution >= 4 is 49.8 Å². The van der Waals surface area contributed by atoms with E-state index in [1.54, 1.807) is 0 Å². The van der Waals surface area contributed by atoms with Gasteiger partial charge in [-0.1, -0.05) is 133 Å². The molecular formula is C53H33NO. The van der Waals surface area contributed by atoms with E-state index in [0.717, 1.165) is 39.0 Å². The third kappa shape index (κ3) is 4.25. The van der Waals surface area contributed by atoms with E-state index >= 15 is 0 Å². The maximum atomic E-state index is 6.13. The van der Waals surface area contributed by atoms with Crippen LogP contribution in [0.4, 0.5) is 17.1 Å². The fraction of sp³-hybridized carbons (Fsp3) is 0.0189. The van der Waals surface area contributed by atoms with Gasteiger partial charge in [-0.3, -0.25) is 0 Å². The number of rotatable bonds is 4. The lowest BCUT2D eigenvalue weighted by atomic mass is 9.70. The van der Waals surface area contributed by atoms with Gasteiger partial charge in [0.2, 0.25) is 0 Å². The molecule has 10 aromatic rings. The Kier molecular flexibility index (Phi) is 6.29. The van der Waals surface area contributed by atoms with Gasteiger partial charge in [-0.2, -0.15) is 0 Å². The molecule has 0 bridgehead atoms. The van der Waals surface area contributed by atoms with Gasteiger partial charge in [0.05, 0.1) is 5.41 Å². The summed E-state index contributed by atoms with van der Waals surface area (Å²) >= 11 is 0. The summed E-state index contributed by atoms with van der Waals surface area (Å²) in [6.07, 6.45) is 0. The van der Waals surface area contributed by atoms with Crippen molar-refractivity contribution in [3.63, 3.8) is 0 Å². The average molecular weight is 700 g/mol. The highest BCUT2D eigenvalue weighted by Crippen LogP contribution is 2.63. The summed E-state index contributed by atoms with van der Waals surface area (Å²) in [5.41, 5.74) is 17.7. The lowest BCUT2D eigenvalue weighted by Crippen LogP contribution is -2.26. The number of hydrogen-bond acceptors (Lipinski definition) is 2. The fourth-order valence-electron chi connectivity index (χ4n) is 9.68. The fourth-order valence-corrected chi connectivity index (χ4v) is 9.68. The molecule has 1 heterocycles. The molecular weight excluding hydrogens is 667 g/mol. The van der Waals surface area contributed by atoms with E-state index in [0.29, 0.717) is 0 Å². The van der Waals surface area contributed by atoms with Crippen molar-refractivity contribution in [3.8, 4) is 33.4 Å². The van der Waals surface area contributed by atoms with Gasteiger partial charge >= 0.3 is 0 Å². The van der Waals surface area contributed by atoms with Crippen LogP contribution in [0.5, 0.6) is 0 Å². The normalized spacial score (nSPS) is 13.2. The van der Waals surface area contributed by atoms with Crippen LogP contribution >= 0.6 is 0 Å². The van der Waals surface area contributed by atoms with Crippen molar-refractivity contribution in [2.24, 2.45) is 0 Å². The molecule has 0 aliphatic heterocycles. The van der Waals surface area contributed by atoms with E-state index in [4.69, 9.17) is 4.42 Å². The molecule has 1 aromatic heterocycles. The summed E-state index contributed by atoms with van der Waals surface area (Å²) < 4.78 is 6.13. The highest BCUT2D eigenvalue weighted by molar-refractivity contribution is 6.06. The van der Waals surface area contributed by atoms with Crippen LogP contribution in [-0.4, -0.2) is 0 Å². The summed E-state index contributed by atoms with van der Waals surface area (Å²) in [6.45, 7) is 0. The molecule has 0 atom stereocenters. The number of para-hydroxylation sites is 2. The van der Waals surface area contributed by atoms with Gasteiger partial charge in [0.25, 0.3) is 0 Å². The highest BCUT2D eigenvalue weighted by Gasteiger charge is 2.51. The van der Waals surface area contributed by atoms with Crippen molar-refractivity contribution in [2.75, 3.05) is 4.90 Å². The predicted octanol–water partition coefficient (Wildman–Crippen LogP) is 14.2. The molecule has 2 aliphatic carbocycles. The van der Waals surface area contributed by atoms with Crippen molar-refractivity contribution in [3.05, 3.63) is 222 Å². The maximum absolute atomic E-state index is 6.13. The number of fused-ring (bicyclic) bond motifs is 14. The topological polar surface area (TPSA) is 16.4 Å². The summed E-state index contributed by atoms with van der Waals surface area (Å²) in [7, 11) is 0. The number of benzene rings is 9. The zero-order valence-electron chi connectivity index (χ0n) is 29.9. The van der Waals surface area contributed by atoms with E-state index in [-0.39, 0.29) is 0 Å². The van der Waals surface area contributed by atoms with E-state index in [9.17, 15) is 0 Å². The molecule has 2 heteroatoms. The quantitative estimate of drug-likeness (QED) is 0.182. The first-order valence-electron chi connectivity index (χ1n) is 19.0. The van der Waals surface area contributed by atoms with Crippen LogP contribution in [0.3, 0.4) is 0 Å². The number of nitrogens with zero attached hydrogens (tertiary/aromatic N) is 1. The van der Waals surface area contributed by atoms with Gasteiger partial charge in [-0.05, 0) is 133 Å². The first kappa shape index (κ1) is 30.3. The van der Waals surface area contributed by atoms with Crippen LogP contribution in [0, 0.1) is 0 Å². The molecule has 0 fully saturated rings. The van der Waals surface area contributed by atoms with Crippen LogP contribution < -0.4 is 4.90 Å². The number of furan rings is 1. The van der Waals surface area contributed by atoms with E-state index in [2.05, 4.69) is 193 Å². The Bertz CT molecular complexity index is 3110. The van der Waals surface area contributed by atoms with Crippen molar-refractivity contribution < 1.29 is 4.42 Å². The minimum Gasteiger partial charge on any atom is -0.456 e. The first-order valence-corrected chi connectivity index (χ1v) is 19.0. The highest BCUT2D eigenvalue weighted by atomic mass is 16.3. The summed E-state index contributed by atoms with van der Waals surface area (Å²) in [6, 6.07) is 73.4. The van der Waals surface area contributed by atoms with Gasteiger partial charge in [-0.25, -0.2) is 0 Å². The second-order valence-electron chi connectivity index (χ2n) is 14.8. The smallest absolute Gasteiger partial charge is 0.135 e. The van der Waals surface area contributed by atoms with Crippen LogP contribution in [0.1, 0.15) is 22.3 Å². The largest absolute Gasteiger partial charge is 0.456 e. The van der Waals surface area contributed by atoms with Gasteiger partial charge in [0.15, 0.2) is 0 Å². The second kappa shape index (κ2) is 11.4. The van der Waals surface area contributed by atoms with E-state index < -0.39 is 5.41 Å². The standard InChI is InChI=1S/C53H33NO/c1-2-14-38(15-3-1)54(39-25-22-34(23-26-39)37-24-29-52-46(31-37)44-18-8-11-21-51(44)55-52)40-27-28-43-45-30-35-12-4-5-13-36(35)32-49(45)53(50(43)33-40)47-19-9-6-16-41(47)42-17-7-10-20-48(42)53/h1-33H. The SMILES string of the molecule is c1ccc(N(c2ccc(-c3ccc4oc5ccccc5c4c3)cc2)c2ccc3c(c2)C2(c4ccccc4-c4ccccc42)c2cc4ccccc4cc2-3)cc1. The molecule has 0 unspecified atom stereocenters. The summed E-state index contributed by atoms with van der Waals surface area (Å²) in [4.78, 5) is 2.40. The number of hydrogen-bond donors (Lipinski definition) is 0. The third-order valence-electron chi connectivity index (χ3n) is 12.0. The molecule has 2 aliphatic rings. The minimum absolute atomic E-state index is 0.444. The Balaban J connectivity index is 1.05. The average Bonchev–Trinajstić information content (AvgIpc) is 3.87. The zero-order chi connectivity index (χ0) is 36.1. The molecule has 0 saturated carbocycles. The number of anilines is 3. The van der Waals surface area contributed by atoms with Crippen molar-refractivity contribution in [1.29, 1.82) is 0 Å². The molecule has 1 spiro atoms. The van der Waals surface area contributed by atoms with Gasteiger partial charge in [0, 0.05) is 27.8 Å². The molecule has 2 nitrogen and oxygen atoms in total. The van der Waals surface area contributed by atoms with Crippen LogP contribution in [0.2, 0.25) is 0 Å². The Morgan fingerprint density at radius 1 is 0.327 bits per heavy atom. The lowest BCUT2D eigenvalue weighted by molar-refractivity contribution is 0.669. The Labute approximate surface area is 319 Å². The van der Waals surface area contributed by atoms with Crippen LogP contribution in [-0.2, 0) is 5.41 Å².